The fraction of sp³-hybridized carbons (Fsp3) is 0.700. The second-order valence-electron chi connectivity index (χ2n) is 7.40. The van der Waals surface area contributed by atoms with Crippen molar-refractivity contribution in [2.24, 2.45) is 10.9 Å². The minimum absolute atomic E-state index is 0.600. The van der Waals surface area contributed by atoms with E-state index in [0.717, 1.165) is 77.2 Å². The molecule has 7 heteroatoms. The van der Waals surface area contributed by atoms with Gasteiger partial charge in [-0.25, -0.2) is 4.98 Å². The molecule has 27 heavy (non-hydrogen) atoms. The van der Waals surface area contributed by atoms with Crippen molar-refractivity contribution in [2.75, 3.05) is 71.5 Å². The molecule has 1 aromatic rings. The van der Waals surface area contributed by atoms with Crippen LogP contribution in [0, 0.1) is 5.92 Å². The molecular formula is C20H34N6O. The number of likely N-dealkylation sites (tertiary alicyclic amines) is 1. The van der Waals surface area contributed by atoms with Gasteiger partial charge >= 0.3 is 0 Å². The Morgan fingerprint density at radius 3 is 2.81 bits per heavy atom. The van der Waals surface area contributed by atoms with Crippen molar-refractivity contribution in [2.45, 2.75) is 19.9 Å². The lowest BCUT2D eigenvalue weighted by Crippen LogP contribution is -2.46. The third-order valence-electron chi connectivity index (χ3n) is 5.60. The number of likely N-dealkylation sites (N-methyl/N-ethyl adjacent to an activating group) is 1. The molecular weight excluding hydrogens is 340 g/mol. The molecule has 1 N–H and O–H groups in total. The summed E-state index contributed by atoms with van der Waals surface area (Å²) in [5.74, 6) is 2.66. The van der Waals surface area contributed by atoms with E-state index < -0.39 is 0 Å². The molecule has 2 aliphatic heterocycles. The average Bonchev–Trinajstić information content (AvgIpc) is 3.17. The molecule has 2 saturated heterocycles. The summed E-state index contributed by atoms with van der Waals surface area (Å²) in [5, 5.41) is 3.52. The van der Waals surface area contributed by atoms with E-state index in [-0.39, 0.29) is 0 Å². The fourth-order valence-corrected chi connectivity index (χ4v) is 3.95. The van der Waals surface area contributed by atoms with Gasteiger partial charge in [0.1, 0.15) is 5.82 Å². The Balaban J connectivity index is 1.53. The van der Waals surface area contributed by atoms with Gasteiger partial charge < -0.3 is 24.8 Å². The number of pyridine rings is 1. The molecule has 2 fully saturated rings. The zero-order valence-corrected chi connectivity index (χ0v) is 17.0. The van der Waals surface area contributed by atoms with Crippen LogP contribution >= 0.6 is 0 Å². The molecule has 0 saturated carbocycles. The smallest absolute Gasteiger partial charge is 0.193 e. The standard InChI is InChI=1S/C20H34N6O/c1-4-24-9-11-25(12-10-24)19-13-17(5-7-22-19)14-23-20(21-2)26-8-6-18(15-26)16-27-3/h5,7,13,18H,4,6,8-12,14-16H2,1-3H3,(H,21,23). The van der Waals surface area contributed by atoms with Gasteiger partial charge in [0, 0.05) is 72.1 Å². The van der Waals surface area contributed by atoms with Crippen LogP contribution in [-0.2, 0) is 11.3 Å². The molecule has 0 radical (unpaired) electrons. The molecule has 1 aromatic heterocycles. The summed E-state index contributed by atoms with van der Waals surface area (Å²) in [5.41, 5.74) is 1.24. The van der Waals surface area contributed by atoms with E-state index in [2.05, 4.69) is 49.0 Å². The van der Waals surface area contributed by atoms with E-state index in [1.54, 1.807) is 7.11 Å². The number of hydrogen-bond donors (Lipinski definition) is 1. The van der Waals surface area contributed by atoms with Crippen LogP contribution in [0.15, 0.2) is 23.3 Å². The minimum Gasteiger partial charge on any atom is -0.384 e. The highest BCUT2D eigenvalue weighted by atomic mass is 16.5. The lowest BCUT2D eigenvalue weighted by Gasteiger charge is -2.34. The monoisotopic (exact) mass is 374 g/mol. The Hall–Kier alpha value is -1.86. The van der Waals surface area contributed by atoms with Crippen molar-refractivity contribution in [3.8, 4) is 0 Å². The number of aliphatic imine (C=N–C) groups is 1. The number of aromatic nitrogens is 1. The molecule has 1 unspecified atom stereocenters. The summed E-state index contributed by atoms with van der Waals surface area (Å²) in [6.07, 6.45) is 3.09. The zero-order valence-electron chi connectivity index (χ0n) is 17.0. The first-order valence-corrected chi connectivity index (χ1v) is 10.1. The van der Waals surface area contributed by atoms with E-state index in [9.17, 15) is 0 Å². The van der Waals surface area contributed by atoms with E-state index >= 15 is 0 Å². The van der Waals surface area contributed by atoms with Crippen molar-refractivity contribution < 1.29 is 4.74 Å². The van der Waals surface area contributed by atoms with E-state index in [4.69, 9.17) is 4.74 Å². The maximum atomic E-state index is 5.30. The van der Waals surface area contributed by atoms with Gasteiger partial charge in [-0.2, -0.15) is 0 Å². The lowest BCUT2D eigenvalue weighted by atomic mass is 10.1. The second-order valence-corrected chi connectivity index (χ2v) is 7.40. The van der Waals surface area contributed by atoms with E-state index in [0.29, 0.717) is 5.92 Å². The summed E-state index contributed by atoms with van der Waals surface area (Å²) in [6.45, 7) is 11.3. The van der Waals surface area contributed by atoms with Crippen LogP contribution in [0.1, 0.15) is 18.9 Å². The van der Waals surface area contributed by atoms with Crippen molar-refractivity contribution in [3.05, 3.63) is 23.9 Å². The Bertz CT molecular complexity index is 614. The van der Waals surface area contributed by atoms with Gasteiger partial charge in [0.05, 0.1) is 6.61 Å². The quantitative estimate of drug-likeness (QED) is 0.598. The first-order chi connectivity index (χ1) is 13.2. The number of anilines is 1. The van der Waals surface area contributed by atoms with Crippen LogP contribution in [0.3, 0.4) is 0 Å². The molecule has 0 bridgehead atoms. The van der Waals surface area contributed by atoms with Crippen molar-refractivity contribution >= 4 is 11.8 Å². The lowest BCUT2D eigenvalue weighted by molar-refractivity contribution is 0.157. The first kappa shape index (κ1) is 19.9. The van der Waals surface area contributed by atoms with Crippen molar-refractivity contribution in [3.63, 3.8) is 0 Å². The zero-order chi connectivity index (χ0) is 19.1. The summed E-state index contributed by atoms with van der Waals surface area (Å²) < 4.78 is 5.30. The predicted molar refractivity (Wildman–Crippen MR) is 110 cm³/mol. The number of methoxy groups -OCH3 is 1. The number of ether oxygens (including phenoxy) is 1. The van der Waals surface area contributed by atoms with Gasteiger partial charge in [-0.15, -0.1) is 0 Å². The fourth-order valence-electron chi connectivity index (χ4n) is 3.95. The third kappa shape index (κ3) is 5.32. The maximum Gasteiger partial charge on any atom is 0.193 e. The Morgan fingerprint density at radius 2 is 2.11 bits per heavy atom. The molecule has 1 atom stereocenters. The van der Waals surface area contributed by atoms with Crippen molar-refractivity contribution in [1.82, 2.24) is 20.1 Å². The number of hydrogen-bond acceptors (Lipinski definition) is 5. The Labute approximate surface area is 163 Å². The molecule has 7 nitrogen and oxygen atoms in total. The summed E-state index contributed by atoms with van der Waals surface area (Å²) >= 11 is 0. The molecule has 2 aliphatic rings. The van der Waals surface area contributed by atoms with E-state index in [1.807, 2.05) is 13.2 Å². The number of nitrogens with zero attached hydrogens (tertiary/aromatic N) is 5. The highest BCUT2D eigenvalue weighted by Gasteiger charge is 2.24. The number of nitrogens with one attached hydrogen (secondary N) is 1. The highest BCUT2D eigenvalue weighted by Crippen LogP contribution is 2.17. The largest absolute Gasteiger partial charge is 0.384 e. The summed E-state index contributed by atoms with van der Waals surface area (Å²) in [6, 6.07) is 4.30. The van der Waals surface area contributed by atoms with Gasteiger partial charge in [-0.05, 0) is 30.7 Å². The number of piperazine rings is 1. The van der Waals surface area contributed by atoms with Gasteiger partial charge in [0.15, 0.2) is 5.96 Å². The predicted octanol–water partition coefficient (Wildman–Crippen LogP) is 1.27. The first-order valence-electron chi connectivity index (χ1n) is 10.1. The molecule has 0 spiro atoms. The van der Waals surface area contributed by atoms with Crippen LogP contribution in [0.4, 0.5) is 5.82 Å². The SMILES string of the molecule is CCN1CCN(c2cc(CNC(=NC)N3CCC(COC)C3)ccn2)CC1. The van der Waals surface area contributed by atoms with Crippen LogP contribution in [0.2, 0.25) is 0 Å². The van der Waals surface area contributed by atoms with Gasteiger partial charge in [-0.1, -0.05) is 6.92 Å². The van der Waals surface area contributed by atoms with E-state index in [1.165, 1.54) is 5.56 Å². The topological polar surface area (TPSA) is 56.2 Å². The minimum atomic E-state index is 0.600. The average molecular weight is 375 g/mol. The summed E-state index contributed by atoms with van der Waals surface area (Å²) in [7, 11) is 3.63. The Kier molecular flexibility index (Phi) is 7.29. The van der Waals surface area contributed by atoms with Crippen LogP contribution in [0.5, 0.6) is 0 Å². The third-order valence-corrected chi connectivity index (χ3v) is 5.60. The highest BCUT2D eigenvalue weighted by molar-refractivity contribution is 5.80. The Morgan fingerprint density at radius 1 is 1.30 bits per heavy atom. The van der Waals surface area contributed by atoms with Gasteiger partial charge in [0.2, 0.25) is 0 Å². The maximum absolute atomic E-state index is 5.30. The van der Waals surface area contributed by atoms with Crippen molar-refractivity contribution in [1.29, 1.82) is 0 Å². The molecule has 3 heterocycles. The van der Waals surface area contributed by atoms with Crippen LogP contribution in [-0.4, -0.2) is 87.3 Å². The molecule has 0 aliphatic carbocycles. The number of rotatable bonds is 6. The second kappa shape index (κ2) is 9.90. The molecule has 3 rings (SSSR count). The number of guanidine groups is 1. The van der Waals surface area contributed by atoms with Gasteiger partial charge in [0.25, 0.3) is 0 Å². The van der Waals surface area contributed by atoms with Crippen LogP contribution in [0.25, 0.3) is 0 Å². The molecule has 0 aromatic carbocycles. The molecule has 0 amide bonds. The normalized spacial score (nSPS) is 21.7. The summed E-state index contributed by atoms with van der Waals surface area (Å²) in [4.78, 5) is 16.3. The van der Waals surface area contributed by atoms with Gasteiger partial charge in [-0.3, -0.25) is 4.99 Å². The molecule has 150 valence electrons. The van der Waals surface area contributed by atoms with Crippen LogP contribution < -0.4 is 10.2 Å².